The molecule has 37 heavy (non-hydrogen) atoms. The van der Waals surface area contributed by atoms with E-state index in [0.29, 0.717) is 43.7 Å². The predicted octanol–water partition coefficient (Wildman–Crippen LogP) is 4.63. The SMILES string of the molecule is CC(C)C[C@H](C(=O)N1CCN(C(c2ccccc2)c2ccccc2)CC1)N1C(=O)c2ccccc2C1=O. The zero-order valence-electron chi connectivity index (χ0n) is 21.4. The molecule has 3 aromatic carbocycles. The van der Waals surface area contributed by atoms with Gasteiger partial charge in [-0.05, 0) is 35.6 Å². The molecule has 0 radical (unpaired) electrons. The molecule has 0 unspecified atom stereocenters. The van der Waals surface area contributed by atoms with Crippen molar-refractivity contribution in [3.63, 3.8) is 0 Å². The fourth-order valence-electron chi connectivity index (χ4n) is 5.55. The highest BCUT2D eigenvalue weighted by atomic mass is 16.2. The number of hydrogen-bond donors (Lipinski definition) is 0. The maximum Gasteiger partial charge on any atom is 0.262 e. The molecule has 0 bridgehead atoms. The van der Waals surface area contributed by atoms with E-state index in [9.17, 15) is 14.4 Å². The largest absolute Gasteiger partial charge is 0.338 e. The van der Waals surface area contributed by atoms with Gasteiger partial charge >= 0.3 is 0 Å². The lowest BCUT2D eigenvalue weighted by Gasteiger charge is -2.41. The van der Waals surface area contributed by atoms with Crippen LogP contribution in [0.1, 0.15) is 58.2 Å². The van der Waals surface area contributed by atoms with Gasteiger partial charge in [-0.15, -0.1) is 0 Å². The smallest absolute Gasteiger partial charge is 0.262 e. The Hall–Kier alpha value is -3.77. The lowest BCUT2D eigenvalue weighted by molar-refractivity contribution is -0.138. The summed E-state index contributed by atoms with van der Waals surface area (Å²) in [5, 5.41) is 0. The fraction of sp³-hybridized carbons (Fsp3) is 0.323. The maximum absolute atomic E-state index is 13.8. The summed E-state index contributed by atoms with van der Waals surface area (Å²) in [6, 6.07) is 27.0. The Kier molecular flexibility index (Phi) is 7.19. The summed E-state index contributed by atoms with van der Waals surface area (Å²) in [6.45, 7) is 6.54. The van der Waals surface area contributed by atoms with Gasteiger partial charge in [-0.1, -0.05) is 86.6 Å². The van der Waals surface area contributed by atoms with Crippen LogP contribution in [-0.4, -0.2) is 64.6 Å². The summed E-state index contributed by atoms with van der Waals surface area (Å²) in [4.78, 5) is 45.7. The van der Waals surface area contributed by atoms with Crippen LogP contribution in [0.25, 0.3) is 0 Å². The minimum absolute atomic E-state index is 0.0994. The van der Waals surface area contributed by atoms with Crippen LogP contribution < -0.4 is 0 Å². The normalized spacial score (nSPS) is 17.0. The van der Waals surface area contributed by atoms with E-state index in [1.165, 1.54) is 16.0 Å². The van der Waals surface area contributed by atoms with Crippen LogP contribution in [0.15, 0.2) is 84.9 Å². The molecule has 0 aromatic heterocycles. The number of imide groups is 1. The van der Waals surface area contributed by atoms with Gasteiger partial charge in [0.05, 0.1) is 17.2 Å². The minimum Gasteiger partial charge on any atom is -0.338 e. The second-order valence-corrected chi connectivity index (χ2v) is 10.3. The van der Waals surface area contributed by atoms with Gasteiger partial charge in [0, 0.05) is 26.2 Å². The second-order valence-electron chi connectivity index (χ2n) is 10.3. The summed E-state index contributed by atoms with van der Waals surface area (Å²) < 4.78 is 0. The molecule has 6 heteroatoms. The topological polar surface area (TPSA) is 60.9 Å². The van der Waals surface area contributed by atoms with E-state index < -0.39 is 6.04 Å². The van der Waals surface area contributed by atoms with Gasteiger partial charge in [0.15, 0.2) is 0 Å². The van der Waals surface area contributed by atoms with Crippen LogP contribution in [0, 0.1) is 5.92 Å². The number of nitrogens with zero attached hydrogens (tertiary/aromatic N) is 3. The molecular formula is C31H33N3O3. The van der Waals surface area contributed by atoms with Gasteiger partial charge in [-0.3, -0.25) is 24.2 Å². The van der Waals surface area contributed by atoms with Crippen LogP contribution in [0.3, 0.4) is 0 Å². The molecule has 3 aromatic rings. The predicted molar refractivity (Wildman–Crippen MR) is 143 cm³/mol. The van der Waals surface area contributed by atoms with Crippen molar-refractivity contribution in [2.45, 2.75) is 32.4 Å². The van der Waals surface area contributed by atoms with Gasteiger partial charge in [0.2, 0.25) is 5.91 Å². The first kappa shape index (κ1) is 24.9. The van der Waals surface area contributed by atoms with Gasteiger partial charge in [0.25, 0.3) is 11.8 Å². The number of carbonyl (C=O) groups is 3. The van der Waals surface area contributed by atoms with Crippen LogP contribution in [0.4, 0.5) is 0 Å². The molecule has 0 N–H and O–H groups in total. The Morgan fingerprint density at radius 3 is 1.62 bits per heavy atom. The van der Waals surface area contributed by atoms with Crippen molar-refractivity contribution in [2.75, 3.05) is 26.2 Å². The molecule has 0 aliphatic carbocycles. The van der Waals surface area contributed by atoms with E-state index in [2.05, 4.69) is 53.4 Å². The molecule has 6 nitrogen and oxygen atoms in total. The number of fused-ring (bicyclic) bond motifs is 1. The number of hydrogen-bond acceptors (Lipinski definition) is 4. The van der Waals surface area contributed by atoms with Crippen molar-refractivity contribution in [3.05, 3.63) is 107 Å². The van der Waals surface area contributed by atoms with E-state index in [0.717, 1.165) is 0 Å². The Labute approximate surface area is 218 Å². The average molecular weight is 496 g/mol. The summed E-state index contributed by atoms with van der Waals surface area (Å²) >= 11 is 0. The van der Waals surface area contributed by atoms with Crippen LogP contribution in [-0.2, 0) is 4.79 Å². The fourth-order valence-corrected chi connectivity index (χ4v) is 5.55. The molecule has 0 spiro atoms. The van der Waals surface area contributed by atoms with Crippen molar-refractivity contribution in [1.29, 1.82) is 0 Å². The zero-order valence-corrected chi connectivity index (χ0v) is 21.4. The Morgan fingerprint density at radius 2 is 1.16 bits per heavy atom. The number of carbonyl (C=O) groups excluding carboxylic acids is 3. The summed E-state index contributed by atoms with van der Waals surface area (Å²) in [5.41, 5.74) is 3.20. The molecule has 1 fully saturated rings. The minimum atomic E-state index is -0.794. The Morgan fingerprint density at radius 1 is 0.703 bits per heavy atom. The third kappa shape index (κ3) is 4.94. The summed E-state index contributed by atoms with van der Waals surface area (Å²) in [6.07, 6.45) is 0.446. The standard InChI is InChI=1S/C31H33N3O3/c1-22(2)21-27(34-29(35)25-15-9-10-16-26(25)30(34)36)31(37)33-19-17-32(18-20-33)28(23-11-5-3-6-12-23)24-13-7-4-8-14-24/h3-16,22,27-28H,17-21H2,1-2H3/t27-/m1/s1. The van der Waals surface area contributed by atoms with E-state index in [-0.39, 0.29) is 29.7 Å². The van der Waals surface area contributed by atoms with Crippen molar-refractivity contribution in [3.8, 4) is 0 Å². The third-order valence-electron chi connectivity index (χ3n) is 7.34. The van der Waals surface area contributed by atoms with Gasteiger partial charge in [-0.2, -0.15) is 0 Å². The van der Waals surface area contributed by atoms with Crippen LogP contribution in [0.5, 0.6) is 0 Å². The third-order valence-corrected chi connectivity index (χ3v) is 7.34. The van der Waals surface area contributed by atoms with E-state index >= 15 is 0 Å². The number of piperazine rings is 1. The molecule has 2 heterocycles. The van der Waals surface area contributed by atoms with Gasteiger partial charge in [-0.25, -0.2) is 0 Å². The Bertz CT molecular complexity index is 1190. The van der Waals surface area contributed by atoms with Crippen molar-refractivity contribution < 1.29 is 14.4 Å². The quantitative estimate of drug-likeness (QED) is 0.449. The van der Waals surface area contributed by atoms with Crippen molar-refractivity contribution in [2.24, 2.45) is 5.92 Å². The summed E-state index contributed by atoms with van der Waals surface area (Å²) in [7, 11) is 0. The molecule has 2 aliphatic rings. The number of rotatable bonds is 7. The molecule has 0 saturated carbocycles. The first-order valence-corrected chi connectivity index (χ1v) is 13.1. The zero-order chi connectivity index (χ0) is 25.9. The van der Waals surface area contributed by atoms with Crippen molar-refractivity contribution >= 4 is 17.7 Å². The van der Waals surface area contributed by atoms with Crippen molar-refractivity contribution in [1.82, 2.24) is 14.7 Å². The molecule has 5 rings (SSSR count). The van der Waals surface area contributed by atoms with E-state index in [1.54, 1.807) is 24.3 Å². The molecular weight excluding hydrogens is 462 g/mol. The lowest BCUT2D eigenvalue weighted by atomic mass is 9.96. The van der Waals surface area contributed by atoms with Gasteiger partial charge < -0.3 is 4.90 Å². The molecule has 190 valence electrons. The van der Waals surface area contributed by atoms with E-state index in [1.807, 2.05) is 30.9 Å². The highest BCUT2D eigenvalue weighted by Gasteiger charge is 2.44. The average Bonchev–Trinajstić information content (AvgIpc) is 3.18. The van der Waals surface area contributed by atoms with E-state index in [4.69, 9.17) is 0 Å². The van der Waals surface area contributed by atoms with Gasteiger partial charge in [0.1, 0.15) is 6.04 Å². The van der Waals surface area contributed by atoms with Crippen LogP contribution in [0.2, 0.25) is 0 Å². The molecule has 1 saturated heterocycles. The molecule has 2 aliphatic heterocycles. The maximum atomic E-state index is 13.8. The first-order chi connectivity index (χ1) is 18.0. The number of amides is 3. The highest BCUT2D eigenvalue weighted by Crippen LogP contribution is 2.31. The second kappa shape index (κ2) is 10.7. The lowest BCUT2D eigenvalue weighted by Crippen LogP contribution is -2.56. The molecule has 1 atom stereocenters. The summed E-state index contributed by atoms with van der Waals surface area (Å²) in [5.74, 6) is -0.725. The number of benzene rings is 3. The Balaban J connectivity index is 1.35. The highest BCUT2D eigenvalue weighted by molar-refractivity contribution is 6.22. The first-order valence-electron chi connectivity index (χ1n) is 13.1. The molecule has 3 amide bonds. The monoisotopic (exact) mass is 495 g/mol. The van der Waals surface area contributed by atoms with Crippen LogP contribution >= 0.6 is 0 Å².